The van der Waals surface area contributed by atoms with Crippen LogP contribution in [0.25, 0.3) is 17.0 Å². The van der Waals surface area contributed by atoms with Gasteiger partial charge in [0.05, 0.1) is 0 Å². The van der Waals surface area contributed by atoms with Gasteiger partial charge >= 0.3 is 168 Å². The molecule has 4 heteroatoms. The molecule has 3 aromatic carbocycles. The molecule has 1 aromatic heterocycles. The van der Waals surface area contributed by atoms with Gasteiger partial charge in [0.25, 0.3) is 0 Å². The molecule has 0 saturated carbocycles. The summed E-state index contributed by atoms with van der Waals surface area (Å²) in [6.07, 6.45) is 5.14. The molecule has 1 heterocycles. The molecule has 0 amide bonds. The fourth-order valence-electron chi connectivity index (χ4n) is 4.10. The number of hydrogen-bond donors (Lipinski definition) is 0. The topological polar surface area (TPSA) is 12.9 Å². The second kappa shape index (κ2) is 8.74. The Labute approximate surface area is 192 Å². The summed E-state index contributed by atoms with van der Waals surface area (Å²) < 4.78 is -0.305. The number of halogens is 2. The molecule has 0 radical (unpaired) electrons. The number of hydrogen-bond acceptors (Lipinski definition) is 1. The summed E-state index contributed by atoms with van der Waals surface area (Å²) in [6, 6.07) is 30.0. The van der Waals surface area contributed by atoms with Crippen molar-refractivity contribution in [2.45, 2.75) is 10.7 Å². The van der Waals surface area contributed by atoms with Crippen molar-refractivity contribution in [1.29, 1.82) is 0 Å². The number of allylic oxidation sites excluding steroid dienone is 1. The number of benzene rings is 3. The third kappa shape index (κ3) is 3.63. The van der Waals surface area contributed by atoms with Crippen LogP contribution >= 0.6 is 24.8 Å². The second-order valence-electron chi connectivity index (χ2n) is 6.98. The van der Waals surface area contributed by atoms with E-state index in [9.17, 15) is 0 Å². The molecule has 0 fully saturated rings. The van der Waals surface area contributed by atoms with Crippen molar-refractivity contribution >= 4 is 41.8 Å². The quantitative estimate of drug-likeness (QED) is 0.342. The summed E-state index contributed by atoms with van der Waals surface area (Å²) in [7, 11) is 0. The number of pyridine rings is 1. The molecular formula is C25H20Cl2CrN. The predicted octanol–water partition coefficient (Wildman–Crippen LogP) is 6.51. The van der Waals surface area contributed by atoms with E-state index in [1.807, 2.05) is 12.3 Å². The zero-order chi connectivity index (χ0) is 18.3. The molecule has 1 aliphatic rings. The van der Waals surface area contributed by atoms with Crippen molar-refractivity contribution in [3.05, 3.63) is 119 Å². The predicted molar refractivity (Wildman–Crippen MR) is 122 cm³/mol. The first-order chi connectivity index (χ1) is 13.3. The number of aromatic nitrogens is 1. The van der Waals surface area contributed by atoms with Crippen molar-refractivity contribution in [2.75, 3.05) is 0 Å². The van der Waals surface area contributed by atoms with E-state index in [1.54, 1.807) is 0 Å². The Balaban J connectivity index is 0.00000120. The van der Waals surface area contributed by atoms with Gasteiger partial charge < -0.3 is 0 Å². The van der Waals surface area contributed by atoms with Crippen LogP contribution in [0.1, 0.15) is 22.3 Å². The van der Waals surface area contributed by atoms with E-state index >= 15 is 0 Å². The SMILES string of the molecule is Cl.Cl.[Cr][C]1(c2cccc3cccnc23)C(Cc2ccccc2)=Cc2ccccc21. The van der Waals surface area contributed by atoms with Gasteiger partial charge in [-0.2, -0.15) is 0 Å². The van der Waals surface area contributed by atoms with Gasteiger partial charge in [0.15, 0.2) is 0 Å². The summed E-state index contributed by atoms with van der Waals surface area (Å²) in [6.45, 7) is 0. The van der Waals surface area contributed by atoms with Crippen LogP contribution in [0.15, 0.2) is 96.7 Å². The zero-order valence-electron chi connectivity index (χ0n) is 15.6. The summed E-state index contributed by atoms with van der Waals surface area (Å²) >= 11 is 3.58. The Morgan fingerprint density at radius 3 is 2.24 bits per heavy atom. The van der Waals surface area contributed by atoms with Gasteiger partial charge in [-0.15, -0.1) is 24.8 Å². The first-order valence-corrected chi connectivity index (χ1v) is 9.80. The van der Waals surface area contributed by atoms with E-state index in [0.29, 0.717) is 0 Å². The molecule has 0 bridgehead atoms. The summed E-state index contributed by atoms with van der Waals surface area (Å²) in [5, 5.41) is 1.17. The Kier molecular flexibility index (Phi) is 6.52. The monoisotopic (exact) mass is 456 g/mol. The molecule has 4 aromatic rings. The minimum atomic E-state index is -0.305. The Morgan fingerprint density at radius 1 is 0.724 bits per heavy atom. The fraction of sp³-hybridized carbons (Fsp3) is 0.0800. The van der Waals surface area contributed by atoms with Crippen molar-refractivity contribution in [3.8, 4) is 0 Å². The number of rotatable bonds is 3. The van der Waals surface area contributed by atoms with E-state index in [2.05, 4.69) is 101 Å². The van der Waals surface area contributed by atoms with E-state index in [0.717, 1.165) is 11.9 Å². The minimum absolute atomic E-state index is 0. The normalized spacial score (nSPS) is 17.0. The molecule has 0 spiro atoms. The van der Waals surface area contributed by atoms with Gasteiger partial charge in [-0.3, -0.25) is 0 Å². The standard InChI is InChI=1S/C25H18N.2ClH.Cr/c1-2-8-18(9-3-1)16-21-17-20-10-4-5-13-22(20)24(21)23-14-6-11-19-12-7-15-26-25(19)23;;;/h1-15,17H,16H2;2*1H;. The van der Waals surface area contributed by atoms with Gasteiger partial charge in [-0.05, 0) is 0 Å². The number of fused-ring (bicyclic) bond motifs is 2. The van der Waals surface area contributed by atoms with Crippen molar-refractivity contribution in [1.82, 2.24) is 4.98 Å². The fourth-order valence-corrected chi connectivity index (χ4v) is 4.86. The molecule has 1 aliphatic carbocycles. The van der Waals surface area contributed by atoms with Crippen LogP contribution in [0.2, 0.25) is 0 Å². The number of para-hydroxylation sites is 1. The van der Waals surface area contributed by atoms with Crippen molar-refractivity contribution in [2.24, 2.45) is 0 Å². The van der Waals surface area contributed by atoms with E-state index in [-0.39, 0.29) is 29.1 Å². The summed E-state index contributed by atoms with van der Waals surface area (Å²) in [5.74, 6) is 0. The third-order valence-corrected chi connectivity index (χ3v) is 6.47. The second-order valence-corrected chi connectivity index (χ2v) is 7.94. The van der Waals surface area contributed by atoms with Crippen molar-refractivity contribution in [3.63, 3.8) is 0 Å². The van der Waals surface area contributed by atoms with E-state index < -0.39 is 0 Å². The molecule has 0 N–H and O–H groups in total. The molecule has 5 rings (SSSR count). The van der Waals surface area contributed by atoms with Crippen LogP contribution in [0.4, 0.5) is 0 Å². The van der Waals surface area contributed by atoms with Crippen LogP contribution in [0, 0.1) is 0 Å². The molecule has 1 unspecified atom stereocenters. The van der Waals surface area contributed by atoms with Gasteiger partial charge in [0.2, 0.25) is 0 Å². The van der Waals surface area contributed by atoms with Gasteiger partial charge in [0.1, 0.15) is 0 Å². The van der Waals surface area contributed by atoms with Crippen LogP contribution < -0.4 is 0 Å². The first-order valence-electron chi connectivity index (χ1n) is 9.16. The first kappa shape index (κ1) is 21.6. The Hall–Kier alpha value is -2.08. The average molecular weight is 457 g/mol. The molecule has 0 saturated heterocycles. The van der Waals surface area contributed by atoms with Crippen LogP contribution in [0.3, 0.4) is 0 Å². The maximum atomic E-state index is 4.74. The average Bonchev–Trinajstić information content (AvgIpc) is 3.01. The molecule has 145 valence electrons. The van der Waals surface area contributed by atoms with E-state index in [4.69, 9.17) is 4.98 Å². The summed E-state index contributed by atoms with van der Waals surface area (Å²) in [4.78, 5) is 4.74. The van der Waals surface area contributed by atoms with Gasteiger partial charge in [-0.1, -0.05) is 0 Å². The third-order valence-electron chi connectivity index (χ3n) is 5.37. The molecule has 1 atom stereocenters. The Morgan fingerprint density at radius 2 is 1.41 bits per heavy atom. The van der Waals surface area contributed by atoms with Gasteiger partial charge in [0, 0.05) is 0 Å². The summed E-state index contributed by atoms with van der Waals surface area (Å²) in [5.41, 5.74) is 7.59. The molecule has 0 aliphatic heterocycles. The van der Waals surface area contributed by atoms with Crippen LogP contribution in [0.5, 0.6) is 0 Å². The molecule has 1 nitrogen and oxygen atoms in total. The molecular weight excluding hydrogens is 437 g/mol. The van der Waals surface area contributed by atoms with Crippen LogP contribution in [-0.2, 0) is 27.0 Å². The van der Waals surface area contributed by atoms with E-state index in [1.165, 1.54) is 33.2 Å². The van der Waals surface area contributed by atoms with Gasteiger partial charge in [-0.25, -0.2) is 0 Å². The number of nitrogens with zero attached hydrogens (tertiary/aromatic N) is 1. The molecule has 29 heavy (non-hydrogen) atoms. The zero-order valence-corrected chi connectivity index (χ0v) is 18.5. The maximum absolute atomic E-state index is 4.74. The van der Waals surface area contributed by atoms with Crippen LogP contribution in [-0.4, -0.2) is 4.98 Å². The Bertz CT molecular complexity index is 1170. The van der Waals surface area contributed by atoms with Crippen molar-refractivity contribution < 1.29 is 16.3 Å².